The SMILES string of the molecule is NCC(=O)N1CCC(c2nnc3cnc4[nH]ccc4n23)CC1. The lowest BCUT2D eigenvalue weighted by Crippen LogP contribution is -2.41. The molecule has 0 spiro atoms. The maximum atomic E-state index is 11.7. The number of nitrogens with two attached hydrogens (primary N) is 1. The number of nitrogens with one attached hydrogen (secondary N) is 1. The molecular formula is C14H17N7O. The molecule has 0 bridgehead atoms. The molecule has 1 aliphatic heterocycles. The second kappa shape index (κ2) is 5.06. The largest absolute Gasteiger partial charge is 0.345 e. The first-order valence-electron chi connectivity index (χ1n) is 7.43. The zero-order chi connectivity index (χ0) is 15.1. The Bertz CT molecular complexity index is 828. The number of carbonyl (C=O) groups excluding carboxylic acids is 1. The van der Waals surface area contributed by atoms with Gasteiger partial charge in [0.2, 0.25) is 5.91 Å². The maximum absolute atomic E-state index is 11.7. The Hall–Kier alpha value is -2.48. The van der Waals surface area contributed by atoms with Crippen molar-refractivity contribution >= 4 is 22.7 Å². The molecule has 0 aromatic carbocycles. The van der Waals surface area contributed by atoms with Gasteiger partial charge in [-0.05, 0) is 18.9 Å². The molecule has 0 atom stereocenters. The van der Waals surface area contributed by atoms with Crippen LogP contribution in [0.3, 0.4) is 0 Å². The molecule has 3 aromatic rings. The van der Waals surface area contributed by atoms with Crippen LogP contribution < -0.4 is 5.73 Å². The van der Waals surface area contributed by atoms with Crippen LogP contribution in [0, 0.1) is 0 Å². The third-order valence-electron chi connectivity index (χ3n) is 4.35. The molecule has 1 fully saturated rings. The molecule has 8 heteroatoms. The van der Waals surface area contributed by atoms with Gasteiger partial charge in [0.1, 0.15) is 5.82 Å². The Balaban J connectivity index is 1.68. The molecule has 22 heavy (non-hydrogen) atoms. The second-order valence-electron chi connectivity index (χ2n) is 5.58. The van der Waals surface area contributed by atoms with Gasteiger partial charge in [0.25, 0.3) is 0 Å². The van der Waals surface area contributed by atoms with Crippen molar-refractivity contribution in [3.8, 4) is 0 Å². The number of H-pyrrole nitrogens is 1. The molecule has 1 amide bonds. The van der Waals surface area contributed by atoms with E-state index < -0.39 is 0 Å². The molecule has 0 saturated carbocycles. The monoisotopic (exact) mass is 299 g/mol. The molecule has 8 nitrogen and oxygen atoms in total. The predicted octanol–water partition coefficient (Wildman–Crippen LogP) is 0.270. The molecule has 4 heterocycles. The van der Waals surface area contributed by atoms with E-state index in [0.717, 1.165) is 48.6 Å². The fourth-order valence-corrected chi connectivity index (χ4v) is 3.18. The molecule has 3 N–H and O–H groups in total. The Morgan fingerprint density at radius 2 is 2.18 bits per heavy atom. The van der Waals surface area contributed by atoms with Gasteiger partial charge in [-0.15, -0.1) is 10.2 Å². The first-order chi connectivity index (χ1) is 10.8. The highest BCUT2D eigenvalue weighted by Gasteiger charge is 2.27. The van der Waals surface area contributed by atoms with Gasteiger partial charge in [-0.3, -0.25) is 9.20 Å². The number of aromatic nitrogens is 5. The quantitative estimate of drug-likeness (QED) is 0.706. The summed E-state index contributed by atoms with van der Waals surface area (Å²) in [5.41, 5.74) is 7.99. The van der Waals surface area contributed by atoms with Crippen LogP contribution in [-0.4, -0.2) is 55.0 Å². The molecule has 114 valence electrons. The van der Waals surface area contributed by atoms with Gasteiger partial charge in [-0.1, -0.05) is 0 Å². The van der Waals surface area contributed by atoms with Crippen molar-refractivity contribution in [3.05, 3.63) is 24.3 Å². The molecule has 1 saturated heterocycles. The van der Waals surface area contributed by atoms with Crippen LogP contribution in [-0.2, 0) is 4.79 Å². The molecule has 3 aromatic heterocycles. The van der Waals surface area contributed by atoms with Gasteiger partial charge in [0, 0.05) is 25.2 Å². The Morgan fingerprint density at radius 3 is 2.95 bits per heavy atom. The van der Waals surface area contributed by atoms with Gasteiger partial charge >= 0.3 is 0 Å². The first kappa shape index (κ1) is 13.2. The maximum Gasteiger partial charge on any atom is 0.236 e. The van der Waals surface area contributed by atoms with Crippen LogP contribution in [0.25, 0.3) is 16.8 Å². The molecule has 0 unspecified atom stereocenters. The van der Waals surface area contributed by atoms with E-state index in [0.29, 0.717) is 0 Å². The van der Waals surface area contributed by atoms with Crippen LogP contribution >= 0.6 is 0 Å². The molecule has 4 rings (SSSR count). The number of aromatic amines is 1. The summed E-state index contributed by atoms with van der Waals surface area (Å²) in [5, 5.41) is 8.60. The minimum Gasteiger partial charge on any atom is -0.345 e. The van der Waals surface area contributed by atoms with Crippen molar-refractivity contribution in [3.63, 3.8) is 0 Å². The molecule has 0 aliphatic carbocycles. The lowest BCUT2D eigenvalue weighted by Gasteiger charge is -2.31. The van der Waals surface area contributed by atoms with Crippen LogP contribution in [0.1, 0.15) is 24.6 Å². The van der Waals surface area contributed by atoms with Crippen LogP contribution in [0.2, 0.25) is 0 Å². The third kappa shape index (κ3) is 1.95. The van der Waals surface area contributed by atoms with Gasteiger partial charge in [0.05, 0.1) is 18.3 Å². The summed E-state index contributed by atoms with van der Waals surface area (Å²) in [6.07, 6.45) is 5.34. The number of rotatable bonds is 2. The van der Waals surface area contributed by atoms with Gasteiger partial charge in [-0.2, -0.15) is 0 Å². The van der Waals surface area contributed by atoms with Crippen LogP contribution in [0.15, 0.2) is 18.5 Å². The molecular weight excluding hydrogens is 282 g/mol. The highest BCUT2D eigenvalue weighted by Crippen LogP contribution is 2.28. The van der Waals surface area contributed by atoms with Crippen molar-refractivity contribution in [1.82, 2.24) is 29.5 Å². The summed E-state index contributed by atoms with van der Waals surface area (Å²) in [7, 11) is 0. The zero-order valence-corrected chi connectivity index (χ0v) is 12.1. The number of likely N-dealkylation sites (tertiary alicyclic amines) is 1. The van der Waals surface area contributed by atoms with Crippen LogP contribution in [0.4, 0.5) is 0 Å². The van der Waals surface area contributed by atoms with E-state index in [-0.39, 0.29) is 18.4 Å². The lowest BCUT2D eigenvalue weighted by molar-refractivity contribution is -0.130. The average molecular weight is 299 g/mol. The number of hydrogen-bond donors (Lipinski definition) is 2. The number of fused-ring (bicyclic) bond motifs is 3. The third-order valence-corrected chi connectivity index (χ3v) is 4.35. The first-order valence-corrected chi connectivity index (χ1v) is 7.43. The van der Waals surface area contributed by atoms with E-state index in [1.165, 1.54) is 0 Å². The van der Waals surface area contributed by atoms with Crippen molar-refractivity contribution in [1.29, 1.82) is 0 Å². The van der Waals surface area contributed by atoms with E-state index >= 15 is 0 Å². The molecule has 0 radical (unpaired) electrons. The van der Waals surface area contributed by atoms with E-state index in [9.17, 15) is 4.79 Å². The average Bonchev–Trinajstić information content (AvgIpc) is 3.19. The van der Waals surface area contributed by atoms with E-state index in [1.807, 2.05) is 17.2 Å². The van der Waals surface area contributed by atoms with E-state index in [4.69, 9.17) is 5.73 Å². The minimum atomic E-state index is 0.0155. The Kier molecular flexibility index (Phi) is 3.04. The van der Waals surface area contributed by atoms with Crippen molar-refractivity contribution in [2.45, 2.75) is 18.8 Å². The Morgan fingerprint density at radius 1 is 1.36 bits per heavy atom. The number of hydrogen-bond acceptors (Lipinski definition) is 5. The zero-order valence-electron chi connectivity index (χ0n) is 12.1. The minimum absolute atomic E-state index is 0.0155. The summed E-state index contributed by atoms with van der Waals surface area (Å²) < 4.78 is 2.06. The topological polar surface area (TPSA) is 105 Å². The second-order valence-corrected chi connectivity index (χ2v) is 5.58. The number of amides is 1. The smallest absolute Gasteiger partial charge is 0.236 e. The fourth-order valence-electron chi connectivity index (χ4n) is 3.18. The predicted molar refractivity (Wildman–Crippen MR) is 80.2 cm³/mol. The number of carbonyl (C=O) groups is 1. The standard InChI is InChI=1S/C14H17N7O/c15-7-12(22)20-5-2-9(3-6-20)14-19-18-11-8-17-13-10(21(11)14)1-4-16-13/h1,4,8-9,16H,2-3,5-7,15H2. The highest BCUT2D eigenvalue weighted by molar-refractivity contribution is 5.78. The highest BCUT2D eigenvalue weighted by atomic mass is 16.2. The summed E-state index contributed by atoms with van der Waals surface area (Å²) in [4.78, 5) is 20.9. The summed E-state index contributed by atoms with van der Waals surface area (Å²) in [5.74, 6) is 1.25. The lowest BCUT2D eigenvalue weighted by atomic mass is 9.96. The summed E-state index contributed by atoms with van der Waals surface area (Å²) in [6.45, 7) is 1.52. The van der Waals surface area contributed by atoms with Crippen LogP contribution in [0.5, 0.6) is 0 Å². The normalized spacial score (nSPS) is 16.7. The van der Waals surface area contributed by atoms with Crippen molar-refractivity contribution in [2.75, 3.05) is 19.6 Å². The van der Waals surface area contributed by atoms with Crippen molar-refractivity contribution < 1.29 is 4.79 Å². The van der Waals surface area contributed by atoms with Crippen molar-refractivity contribution in [2.24, 2.45) is 5.73 Å². The number of piperidine rings is 1. The fraction of sp³-hybridized carbons (Fsp3) is 0.429. The van der Waals surface area contributed by atoms with E-state index in [2.05, 4.69) is 24.6 Å². The Labute approximate surface area is 126 Å². The van der Waals surface area contributed by atoms with E-state index in [1.54, 1.807) is 6.20 Å². The molecule has 1 aliphatic rings. The number of nitrogens with zero attached hydrogens (tertiary/aromatic N) is 5. The van der Waals surface area contributed by atoms with Gasteiger partial charge in [-0.25, -0.2) is 4.98 Å². The summed E-state index contributed by atoms with van der Waals surface area (Å²) in [6, 6.07) is 1.98. The van der Waals surface area contributed by atoms with Gasteiger partial charge < -0.3 is 15.6 Å². The summed E-state index contributed by atoms with van der Waals surface area (Å²) >= 11 is 0. The van der Waals surface area contributed by atoms with Gasteiger partial charge in [0.15, 0.2) is 11.3 Å².